The summed E-state index contributed by atoms with van der Waals surface area (Å²) in [5.41, 5.74) is 1.22. The van der Waals surface area contributed by atoms with E-state index in [4.69, 9.17) is 5.11 Å². The van der Waals surface area contributed by atoms with Crippen molar-refractivity contribution in [2.75, 3.05) is 12.4 Å². The lowest BCUT2D eigenvalue weighted by Crippen LogP contribution is -2.22. The zero-order valence-corrected chi connectivity index (χ0v) is 13.1. The van der Waals surface area contributed by atoms with Crippen molar-refractivity contribution in [3.05, 3.63) is 28.2 Å². The number of rotatable bonds is 7. The summed E-state index contributed by atoms with van der Waals surface area (Å²) in [5, 5.41) is 21.4. The van der Waals surface area contributed by atoms with Gasteiger partial charge in [-0.3, -0.25) is 0 Å². The molecule has 1 aromatic rings. The lowest BCUT2D eigenvalue weighted by molar-refractivity contribution is 0.113. The van der Waals surface area contributed by atoms with Crippen LogP contribution < -0.4 is 5.32 Å². The van der Waals surface area contributed by atoms with Gasteiger partial charge in [-0.15, -0.1) is 11.8 Å². The van der Waals surface area contributed by atoms with Gasteiger partial charge in [0.15, 0.2) is 0 Å². The third-order valence-electron chi connectivity index (χ3n) is 2.38. The molecule has 0 saturated carbocycles. The molecule has 0 aliphatic heterocycles. The van der Waals surface area contributed by atoms with Gasteiger partial charge < -0.3 is 15.5 Å². The van der Waals surface area contributed by atoms with Crippen LogP contribution in [0.25, 0.3) is 0 Å². The second kappa shape index (κ2) is 8.17. The average molecular weight is 334 g/mol. The summed E-state index contributed by atoms with van der Waals surface area (Å²) >= 11 is 5.10. The third kappa shape index (κ3) is 5.71. The molecule has 1 rings (SSSR count). The molecule has 3 N–H and O–H groups in total. The monoisotopic (exact) mass is 333 g/mol. The second-order valence-electron chi connectivity index (χ2n) is 4.44. The minimum absolute atomic E-state index is 0.190. The Hall–Kier alpha value is -0.0700. The second-order valence-corrected chi connectivity index (χ2v) is 6.38. The highest BCUT2D eigenvalue weighted by molar-refractivity contribution is 9.10. The molecule has 18 heavy (non-hydrogen) atoms. The van der Waals surface area contributed by atoms with Crippen LogP contribution in [0.4, 0.5) is 0 Å². The SMILES string of the molecule is CC(C)NCc1ccc(SCC(O)CO)cc1Br. The summed E-state index contributed by atoms with van der Waals surface area (Å²) in [5.74, 6) is 0.506. The van der Waals surface area contributed by atoms with E-state index >= 15 is 0 Å². The van der Waals surface area contributed by atoms with E-state index in [0.29, 0.717) is 11.8 Å². The predicted molar refractivity (Wildman–Crippen MR) is 79.9 cm³/mol. The largest absolute Gasteiger partial charge is 0.394 e. The van der Waals surface area contributed by atoms with Crippen LogP contribution in [-0.4, -0.2) is 34.7 Å². The van der Waals surface area contributed by atoms with E-state index in [1.165, 1.54) is 17.3 Å². The maximum atomic E-state index is 9.30. The Kier molecular flexibility index (Phi) is 7.26. The number of hydrogen-bond acceptors (Lipinski definition) is 4. The van der Waals surface area contributed by atoms with Crippen LogP contribution in [0.3, 0.4) is 0 Å². The fourth-order valence-corrected chi connectivity index (χ4v) is 2.85. The molecule has 1 aromatic carbocycles. The molecule has 0 radical (unpaired) electrons. The first kappa shape index (κ1) is 16.0. The van der Waals surface area contributed by atoms with Gasteiger partial charge in [0.05, 0.1) is 12.7 Å². The van der Waals surface area contributed by atoms with Gasteiger partial charge in [-0.25, -0.2) is 0 Å². The summed E-state index contributed by atoms with van der Waals surface area (Å²) in [7, 11) is 0. The minimum atomic E-state index is -0.656. The summed E-state index contributed by atoms with van der Waals surface area (Å²) in [6.07, 6.45) is -0.656. The van der Waals surface area contributed by atoms with Gasteiger partial charge in [0.1, 0.15) is 0 Å². The number of hydrogen-bond donors (Lipinski definition) is 3. The van der Waals surface area contributed by atoms with E-state index in [0.717, 1.165) is 15.9 Å². The van der Waals surface area contributed by atoms with Crippen molar-refractivity contribution in [3.63, 3.8) is 0 Å². The number of aliphatic hydroxyl groups is 2. The van der Waals surface area contributed by atoms with Crippen LogP contribution in [0.5, 0.6) is 0 Å². The number of benzene rings is 1. The highest BCUT2D eigenvalue weighted by Crippen LogP contribution is 2.25. The van der Waals surface area contributed by atoms with Gasteiger partial charge >= 0.3 is 0 Å². The summed E-state index contributed by atoms with van der Waals surface area (Å²) in [4.78, 5) is 1.09. The number of halogens is 1. The van der Waals surface area contributed by atoms with Crippen molar-refractivity contribution in [1.82, 2.24) is 5.32 Å². The Morgan fingerprint density at radius 1 is 1.39 bits per heavy atom. The summed E-state index contributed by atoms with van der Waals surface area (Å²) in [6.45, 7) is 4.88. The maximum absolute atomic E-state index is 9.30. The zero-order valence-electron chi connectivity index (χ0n) is 10.7. The van der Waals surface area contributed by atoms with Gasteiger partial charge in [0, 0.05) is 27.7 Å². The average Bonchev–Trinajstić information content (AvgIpc) is 2.34. The van der Waals surface area contributed by atoms with Crippen molar-refractivity contribution in [2.45, 2.75) is 37.4 Å². The molecule has 1 unspecified atom stereocenters. The van der Waals surface area contributed by atoms with Gasteiger partial charge in [0.2, 0.25) is 0 Å². The Morgan fingerprint density at radius 2 is 2.11 bits per heavy atom. The third-order valence-corrected chi connectivity index (χ3v) is 4.26. The van der Waals surface area contributed by atoms with Crippen LogP contribution in [0, 0.1) is 0 Å². The lowest BCUT2D eigenvalue weighted by Gasteiger charge is -2.11. The zero-order chi connectivity index (χ0) is 13.5. The highest BCUT2D eigenvalue weighted by atomic mass is 79.9. The van der Waals surface area contributed by atoms with E-state index in [1.807, 2.05) is 12.1 Å². The quantitative estimate of drug-likeness (QED) is 0.670. The van der Waals surface area contributed by atoms with Gasteiger partial charge in [-0.05, 0) is 17.7 Å². The van der Waals surface area contributed by atoms with E-state index < -0.39 is 6.10 Å². The maximum Gasteiger partial charge on any atom is 0.0864 e. The van der Waals surface area contributed by atoms with Crippen LogP contribution in [0.15, 0.2) is 27.6 Å². The van der Waals surface area contributed by atoms with Crippen LogP contribution in [0.2, 0.25) is 0 Å². The first-order valence-electron chi connectivity index (χ1n) is 5.96. The fourth-order valence-electron chi connectivity index (χ4n) is 1.32. The molecule has 0 aliphatic rings. The van der Waals surface area contributed by atoms with Crippen molar-refractivity contribution >= 4 is 27.7 Å². The van der Waals surface area contributed by atoms with Crippen molar-refractivity contribution in [1.29, 1.82) is 0 Å². The van der Waals surface area contributed by atoms with E-state index in [2.05, 4.69) is 41.2 Å². The Bertz CT molecular complexity index is 374. The molecule has 3 nitrogen and oxygen atoms in total. The van der Waals surface area contributed by atoms with Gasteiger partial charge in [-0.1, -0.05) is 35.8 Å². The molecular weight excluding hydrogens is 314 g/mol. The molecule has 0 spiro atoms. The minimum Gasteiger partial charge on any atom is -0.394 e. The van der Waals surface area contributed by atoms with Crippen LogP contribution >= 0.6 is 27.7 Å². The highest BCUT2D eigenvalue weighted by Gasteiger charge is 2.06. The summed E-state index contributed by atoms with van der Waals surface area (Å²) in [6, 6.07) is 6.63. The smallest absolute Gasteiger partial charge is 0.0864 e. The lowest BCUT2D eigenvalue weighted by atomic mass is 10.2. The first-order chi connectivity index (χ1) is 8.52. The molecular formula is C13H20BrNO2S. The van der Waals surface area contributed by atoms with Gasteiger partial charge in [0.25, 0.3) is 0 Å². The number of nitrogens with one attached hydrogen (secondary N) is 1. The van der Waals surface area contributed by atoms with E-state index in [9.17, 15) is 5.11 Å². The Labute approximate surface area is 121 Å². The van der Waals surface area contributed by atoms with Crippen molar-refractivity contribution < 1.29 is 10.2 Å². The first-order valence-corrected chi connectivity index (χ1v) is 7.74. The van der Waals surface area contributed by atoms with Crippen LogP contribution in [-0.2, 0) is 6.54 Å². The molecule has 0 heterocycles. The molecule has 0 aliphatic carbocycles. The molecule has 0 fully saturated rings. The Morgan fingerprint density at radius 3 is 2.67 bits per heavy atom. The topological polar surface area (TPSA) is 52.5 Å². The normalized spacial score (nSPS) is 13.0. The van der Waals surface area contributed by atoms with Crippen molar-refractivity contribution in [2.24, 2.45) is 0 Å². The fraction of sp³-hybridized carbons (Fsp3) is 0.538. The Balaban J connectivity index is 2.56. The molecule has 1 atom stereocenters. The standard InChI is InChI=1S/C13H20BrNO2S/c1-9(2)15-6-10-3-4-12(5-13(10)14)18-8-11(17)7-16/h3-5,9,11,15-17H,6-8H2,1-2H3. The molecule has 0 saturated heterocycles. The van der Waals surface area contributed by atoms with Crippen molar-refractivity contribution in [3.8, 4) is 0 Å². The molecule has 0 aromatic heterocycles. The molecule has 102 valence electrons. The molecule has 0 bridgehead atoms. The number of thioether (sulfide) groups is 1. The number of aliphatic hydroxyl groups excluding tert-OH is 2. The molecule has 5 heteroatoms. The molecule has 0 amide bonds. The van der Waals surface area contributed by atoms with Gasteiger partial charge in [-0.2, -0.15) is 0 Å². The predicted octanol–water partition coefficient (Wildman–Crippen LogP) is 2.39. The van der Waals surface area contributed by atoms with Crippen LogP contribution in [0.1, 0.15) is 19.4 Å². The van der Waals surface area contributed by atoms with E-state index in [-0.39, 0.29) is 6.61 Å². The summed E-state index contributed by atoms with van der Waals surface area (Å²) < 4.78 is 1.07. The van der Waals surface area contributed by atoms with E-state index in [1.54, 1.807) is 0 Å².